The van der Waals surface area contributed by atoms with E-state index in [0.717, 1.165) is 59.9 Å². The fourth-order valence-electron chi connectivity index (χ4n) is 4.55. The molecule has 0 N–H and O–H groups in total. The molecule has 0 spiro atoms. The van der Waals surface area contributed by atoms with Crippen LogP contribution in [-0.4, -0.2) is 12.7 Å². The van der Waals surface area contributed by atoms with Gasteiger partial charge in [-0.05, 0) is 78.8 Å². The van der Waals surface area contributed by atoms with Crippen LogP contribution >= 0.6 is 11.6 Å². The lowest BCUT2D eigenvalue weighted by Crippen LogP contribution is -2.13. The maximum absolute atomic E-state index is 6.37. The fourth-order valence-corrected chi connectivity index (χ4v) is 4.68. The smallest absolute Gasteiger partial charge is 0.123 e. The third kappa shape index (κ3) is 6.61. The van der Waals surface area contributed by atoms with E-state index in [-0.39, 0.29) is 6.10 Å². The van der Waals surface area contributed by atoms with E-state index in [1.807, 2.05) is 60.7 Å². The molecule has 0 radical (unpaired) electrons. The molecule has 1 unspecified atom stereocenters. The molecule has 36 heavy (non-hydrogen) atoms. The Hall–Kier alpha value is -3.43. The van der Waals surface area contributed by atoms with Gasteiger partial charge in [0.25, 0.3) is 0 Å². The summed E-state index contributed by atoms with van der Waals surface area (Å²) in [4.78, 5) is 0. The van der Waals surface area contributed by atoms with Crippen molar-refractivity contribution in [2.24, 2.45) is 0 Å². The van der Waals surface area contributed by atoms with Crippen molar-refractivity contribution < 1.29 is 14.2 Å². The number of halogens is 1. The van der Waals surface area contributed by atoms with Crippen LogP contribution in [0.3, 0.4) is 0 Å². The van der Waals surface area contributed by atoms with E-state index in [4.69, 9.17) is 25.8 Å². The van der Waals surface area contributed by atoms with E-state index in [1.165, 1.54) is 16.7 Å². The molecule has 0 aliphatic carbocycles. The van der Waals surface area contributed by atoms with Gasteiger partial charge in [-0.15, -0.1) is 0 Å². The van der Waals surface area contributed by atoms with Gasteiger partial charge in [0.2, 0.25) is 0 Å². The summed E-state index contributed by atoms with van der Waals surface area (Å²) in [5, 5.41) is 0.771. The van der Waals surface area contributed by atoms with Crippen molar-refractivity contribution in [3.63, 3.8) is 0 Å². The van der Waals surface area contributed by atoms with Gasteiger partial charge in [0.1, 0.15) is 30.0 Å². The van der Waals surface area contributed by atoms with Crippen molar-refractivity contribution in [2.75, 3.05) is 6.61 Å². The lowest BCUT2D eigenvalue weighted by atomic mass is 10.0. The Morgan fingerprint density at radius 1 is 0.778 bits per heavy atom. The average Bonchev–Trinajstić information content (AvgIpc) is 3.32. The monoisotopic (exact) mass is 498 g/mol. The van der Waals surface area contributed by atoms with Gasteiger partial charge in [-0.2, -0.15) is 0 Å². The SMILES string of the molecule is Clc1ccc(CCC2Cc3cc(OCc4ccccc4)c(CCCOc4ccccc4)cc3O2)cc1. The molecule has 0 amide bonds. The topological polar surface area (TPSA) is 27.7 Å². The van der Waals surface area contributed by atoms with Crippen LogP contribution in [0.4, 0.5) is 0 Å². The predicted molar refractivity (Wildman–Crippen MR) is 145 cm³/mol. The van der Waals surface area contributed by atoms with Gasteiger partial charge in [0.05, 0.1) is 6.61 Å². The van der Waals surface area contributed by atoms with Crippen LogP contribution in [0, 0.1) is 0 Å². The van der Waals surface area contributed by atoms with Gasteiger partial charge in [-0.3, -0.25) is 0 Å². The second kappa shape index (κ2) is 12.0. The Kier molecular flexibility index (Phi) is 8.10. The number of hydrogen-bond acceptors (Lipinski definition) is 3. The molecule has 1 aliphatic rings. The molecule has 4 aromatic rings. The summed E-state index contributed by atoms with van der Waals surface area (Å²) in [5.74, 6) is 2.83. The fraction of sp³-hybridized carbons (Fsp3) is 0.250. The number of aryl methyl sites for hydroxylation is 2. The number of benzene rings is 4. The van der Waals surface area contributed by atoms with E-state index >= 15 is 0 Å². The zero-order valence-corrected chi connectivity index (χ0v) is 21.1. The molecule has 4 aromatic carbocycles. The zero-order valence-electron chi connectivity index (χ0n) is 20.4. The van der Waals surface area contributed by atoms with Crippen LogP contribution in [0.2, 0.25) is 5.02 Å². The Morgan fingerprint density at radius 3 is 2.31 bits per heavy atom. The van der Waals surface area contributed by atoms with E-state index in [1.54, 1.807) is 0 Å². The first-order valence-electron chi connectivity index (χ1n) is 12.6. The maximum atomic E-state index is 6.37. The normalized spacial score (nSPS) is 14.2. The standard InChI is InChI=1S/C32H31ClO3/c33-28-16-13-24(14-17-28)15-18-30-20-27-22-31(35-23-25-8-3-1-4-9-25)26(21-32(27)36-30)10-7-19-34-29-11-5-2-6-12-29/h1-6,8-9,11-14,16-17,21-22,30H,7,10,15,18-20,23H2. The van der Waals surface area contributed by atoms with E-state index in [9.17, 15) is 0 Å². The largest absolute Gasteiger partial charge is 0.494 e. The molecule has 0 saturated carbocycles. The molecule has 1 atom stereocenters. The van der Waals surface area contributed by atoms with Gasteiger partial charge in [-0.1, -0.05) is 72.3 Å². The van der Waals surface area contributed by atoms with Gasteiger partial charge in [0, 0.05) is 17.0 Å². The minimum Gasteiger partial charge on any atom is -0.494 e. The zero-order chi connectivity index (χ0) is 24.6. The molecule has 5 rings (SSSR count). The molecule has 0 saturated heterocycles. The van der Waals surface area contributed by atoms with Gasteiger partial charge in [-0.25, -0.2) is 0 Å². The van der Waals surface area contributed by atoms with Crippen molar-refractivity contribution in [1.82, 2.24) is 0 Å². The summed E-state index contributed by atoms with van der Waals surface area (Å²) in [6.07, 6.45) is 4.78. The third-order valence-corrected chi connectivity index (χ3v) is 6.74. The number of hydrogen-bond donors (Lipinski definition) is 0. The van der Waals surface area contributed by atoms with Crippen LogP contribution in [0.25, 0.3) is 0 Å². The van der Waals surface area contributed by atoms with Crippen LogP contribution in [0.1, 0.15) is 35.1 Å². The van der Waals surface area contributed by atoms with Crippen molar-refractivity contribution in [3.05, 3.63) is 124 Å². The maximum Gasteiger partial charge on any atom is 0.123 e. The quantitative estimate of drug-likeness (QED) is 0.197. The molecule has 0 bridgehead atoms. The van der Waals surface area contributed by atoms with Gasteiger partial charge in [0.15, 0.2) is 0 Å². The first kappa shape index (κ1) is 24.3. The molecule has 0 fully saturated rings. The van der Waals surface area contributed by atoms with Gasteiger partial charge >= 0.3 is 0 Å². The van der Waals surface area contributed by atoms with Crippen LogP contribution < -0.4 is 14.2 Å². The highest BCUT2D eigenvalue weighted by Gasteiger charge is 2.25. The lowest BCUT2D eigenvalue weighted by molar-refractivity contribution is 0.221. The molecule has 3 nitrogen and oxygen atoms in total. The second-order valence-electron chi connectivity index (χ2n) is 9.22. The minimum absolute atomic E-state index is 0.175. The molecular weight excluding hydrogens is 468 g/mol. The highest BCUT2D eigenvalue weighted by molar-refractivity contribution is 6.30. The molecule has 1 heterocycles. The van der Waals surface area contributed by atoms with Crippen LogP contribution in [0.5, 0.6) is 17.2 Å². The summed E-state index contributed by atoms with van der Waals surface area (Å²) < 4.78 is 18.6. The average molecular weight is 499 g/mol. The molecular formula is C32H31ClO3. The molecule has 0 aromatic heterocycles. The molecule has 4 heteroatoms. The Morgan fingerprint density at radius 2 is 1.53 bits per heavy atom. The highest BCUT2D eigenvalue weighted by atomic mass is 35.5. The van der Waals surface area contributed by atoms with Crippen LogP contribution in [0.15, 0.2) is 97.1 Å². The number of ether oxygens (including phenoxy) is 3. The predicted octanol–water partition coefficient (Wildman–Crippen LogP) is 7.87. The van der Waals surface area contributed by atoms with E-state index in [0.29, 0.717) is 13.2 Å². The van der Waals surface area contributed by atoms with Crippen molar-refractivity contribution >= 4 is 11.6 Å². The summed E-state index contributed by atoms with van der Waals surface area (Å²) in [5.41, 5.74) is 4.83. The summed E-state index contributed by atoms with van der Waals surface area (Å²) in [6.45, 7) is 1.21. The van der Waals surface area contributed by atoms with Crippen molar-refractivity contribution in [2.45, 2.75) is 44.8 Å². The van der Waals surface area contributed by atoms with Crippen molar-refractivity contribution in [1.29, 1.82) is 0 Å². The Balaban J connectivity index is 1.24. The molecule has 184 valence electrons. The van der Waals surface area contributed by atoms with Crippen molar-refractivity contribution in [3.8, 4) is 17.2 Å². The van der Waals surface area contributed by atoms with Crippen LogP contribution in [-0.2, 0) is 25.9 Å². The Bertz CT molecular complexity index is 1240. The second-order valence-corrected chi connectivity index (χ2v) is 9.65. The number of para-hydroxylation sites is 1. The lowest BCUT2D eigenvalue weighted by Gasteiger charge is -2.14. The van der Waals surface area contributed by atoms with E-state index < -0.39 is 0 Å². The third-order valence-electron chi connectivity index (χ3n) is 6.49. The highest BCUT2D eigenvalue weighted by Crippen LogP contribution is 2.37. The first-order valence-corrected chi connectivity index (χ1v) is 13.0. The summed E-state index contributed by atoms with van der Waals surface area (Å²) >= 11 is 6.03. The minimum atomic E-state index is 0.175. The molecule has 1 aliphatic heterocycles. The van der Waals surface area contributed by atoms with E-state index in [2.05, 4.69) is 36.4 Å². The Labute approximate surface area is 218 Å². The summed E-state index contributed by atoms with van der Waals surface area (Å²) in [7, 11) is 0. The number of fused-ring (bicyclic) bond motifs is 1. The number of rotatable bonds is 11. The van der Waals surface area contributed by atoms with Gasteiger partial charge < -0.3 is 14.2 Å². The summed E-state index contributed by atoms with van der Waals surface area (Å²) in [6, 6.07) is 32.7. The first-order chi connectivity index (χ1) is 17.7.